The van der Waals surface area contributed by atoms with Gasteiger partial charge in [-0.25, -0.2) is 0 Å². The molecule has 3 aromatic rings. The van der Waals surface area contributed by atoms with E-state index in [-0.39, 0.29) is 0 Å². The summed E-state index contributed by atoms with van der Waals surface area (Å²) in [5, 5.41) is 0. The first kappa shape index (κ1) is 29.2. The molecular formula is C34H44N2O2. The number of rotatable bonds is 16. The molecule has 4 nitrogen and oxygen atoms in total. The van der Waals surface area contributed by atoms with E-state index in [0.29, 0.717) is 13.2 Å². The third kappa shape index (κ3) is 9.51. The third-order valence-electron chi connectivity index (χ3n) is 6.80. The van der Waals surface area contributed by atoms with E-state index in [4.69, 9.17) is 9.47 Å². The number of hydrogen-bond acceptors (Lipinski definition) is 4. The molecule has 0 amide bonds. The van der Waals surface area contributed by atoms with Crippen molar-refractivity contribution < 1.29 is 9.47 Å². The van der Waals surface area contributed by atoms with Crippen LogP contribution in [0.3, 0.4) is 0 Å². The normalized spacial score (nSPS) is 11.7. The van der Waals surface area contributed by atoms with Crippen LogP contribution in [0, 0.1) is 0 Å². The van der Waals surface area contributed by atoms with Crippen molar-refractivity contribution in [2.45, 2.75) is 27.7 Å². The van der Waals surface area contributed by atoms with Crippen molar-refractivity contribution in [1.29, 1.82) is 0 Å². The minimum absolute atomic E-state index is 0.692. The first-order chi connectivity index (χ1) is 18.7. The Hall–Kier alpha value is -3.34. The number of para-hydroxylation sites is 2. The van der Waals surface area contributed by atoms with Crippen LogP contribution in [-0.4, -0.2) is 62.3 Å². The van der Waals surface area contributed by atoms with Gasteiger partial charge in [-0.3, -0.25) is 0 Å². The molecule has 3 aromatic carbocycles. The molecular weight excluding hydrogens is 468 g/mol. The molecule has 0 aliphatic carbocycles. The van der Waals surface area contributed by atoms with Gasteiger partial charge in [0.1, 0.15) is 24.7 Å². The second kappa shape index (κ2) is 16.5. The number of ether oxygens (including phenoxy) is 2. The van der Waals surface area contributed by atoms with Crippen molar-refractivity contribution in [2.24, 2.45) is 0 Å². The maximum absolute atomic E-state index is 6.10. The van der Waals surface area contributed by atoms with Crippen LogP contribution in [0.1, 0.15) is 49.9 Å². The monoisotopic (exact) mass is 512 g/mol. The highest BCUT2D eigenvalue weighted by molar-refractivity contribution is 5.75. The van der Waals surface area contributed by atoms with Crippen molar-refractivity contribution in [3.63, 3.8) is 0 Å². The topological polar surface area (TPSA) is 24.9 Å². The Morgan fingerprint density at radius 3 is 1.24 bits per heavy atom. The fourth-order valence-electron chi connectivity index (χ4n) is 4.24. The van der Waals surface area contributed by atoms with Crippen molar-refractivity contribution >= 4 is 24.3 Å². The summed E-state index contributed by atoms with van der Waals surface area (Å²) in [6, 6.07) is 25.0. The zero-order valence-corrected chi connectivity index (χ0v) is 23.6. The van der Waals surface area contributed by atoms with Crippen molar-refractivity contribution in [1.82, 2.24) is 9.80 Å². The zero-order valence-electron chi connectivity index (χ0n) is 23.6. The zero-order chi connectivity index (χ0) is 27.0. The molecule has 0 heterocycles. The lowest BCUT2D eigenvalue weighted by molar-refractivity contribution is 0.222. The lowest BCUT2D eigenvalue weighted by Crippen LogP contribution is -2.27. The third-order valence-corrected chi connectivity index (χ3v) is 6.80. The van der Waals surface area contributed by atoms with Crippen LogP contribution in [0.2, 0.25) is 0 Å². The standard InChI is InChI=1S/C34H44N2O2/c1-5-35(6-2)25-27-37-33-15-11-9-13-31(33)23-21-29-17-19-30(20-18-29)22-24-32-14-10-12-16-34(32)38-28-26-36(7-3)8-4/h9-24H,5-8,25-28H2,1-4H3. The minimum atomic E-state index is 0.692. The summed E-state index contributed by atoms with van der Waals surface area (Å²) < 4.78 is 12.2. The van der Waals surface area contributed by atoms with Gasteiger partial charge in [-0.2, -0.15) is 0 Å². The van der Waals surface area contributed by atoms with Gasteiger partial charge in [0.15, 0.2) is 0 Å². The Morgan fingerprint density at radius 1 is 0.500 bits per heavy atom. The summed E-state index contributed by atoms with van der Waals surface area (Å²) in [6.45, 7) is 16.2. The fraction of sp³-hybridized carbons (Fsp3) is 0.353. The molecule has 0 atom stereocenters. The van der Waals surface area contributed by atoms with Crippen LogP contribution in [0.25, 0.3) is 24.3 Å². The molecule has 0 saturated carbocycles. The lowest BCUT2D eigenvalue weighted by Gasteiger charge is -2.18. The first-order valence-corrected chi connectivity index (χ1v) is 14.0. The smallest absolute Gasteiger partial charge is 0.126 e. The Morgan fingerprint density at radius 2 is 0.868 bits per heavy atom. The quantitative estimate of drug-likeness (QED) is 0.186. The molecule has 0 bridgehead atoms. The predicted molar refractivity (Wildman–Crippen MR) is 164 cm³/mol. The Labute approximate surface area is 230 Å². The van der Waals surface area contributed by atoms with E-state index in [1.807, 2.05) is 24.3 Å². The Bertz CT molecular complexity index is 1040. The predicted octanol–water partition coefficient (Wildman–Crippen LogP) is 7.47. The van der Waals surface area contributed by atoms with E-state index in [1.54, 1.807) is 0 Å². The van der Waals surface area contributed by atoms with Crippen LogP contribution >= 0.6 is 0 Å². The summed E-state index contributed by atoms with van der Waals surface area (Å²) in [4.78, 5) is 4.74. The van der Waals surface area contributed by atoms with Crippen LogP contribution in [0.15, 0.2) is 72.8 Å². The first-order valence-electron chi connectivity index (χ1n) is 14.0. The van der Waals surface area contributed by atoms with Crippen molar-refractivity contribution in [2.75, 3.05) is 52.5 Å². The van der Waals surface area contributed by atoms with Crippen LogP contribution in [0.5, 0.6) is 11.5 Å². The molecule has 0 fully saturated rings. The maximum atomic E-state index is 6.10. The molecule has 202 valence electrons. The highest BCUT2D eigenvalue weighted by atomic mass is 16.5. The van der Waals surface area contributed by atoms with E-state index < -0.39 is 0 Å². The van der Waals surface area contributed by atoms with Gasteiger partial charge < -0.3 is 19.3 Å². The minimum Gasteiger partial charge on any atom is -0.492 e. The van der Waals surface area contributed by atoms with E-state index in [9.17, 15) is 0 Å². The van der Waals surface area contributed by atoms with Crippen LogP contribution in [0.4, 0.5) is 0 Å². The molecule has 38 heavy (non-hydrogen) atoms. The second-order valence-electron chi connectivity index (χ2n) is 9.16. The van der Waals surface area contributed by atoms with E-state index in [2.05, 4.69) is 110 Å². The SMILES string of the molecule is CCN(CC)CCOc1ccccc1C=Cc1ccc(C=Cc2ccccc2OCCN(CC)CC)cc1. The summed E-state index contributed by atoms with van der Waals surface area (Å²) in [5.74, 6) is 1.85. The molecule has 0 aromatic heterocycles. The Kier molecular flexibility index (Phi) is 12.7. The highest BCUT2D eigenvalue weighted by Crippen LogP contribution is 2.23. The van der Waals surface area contributed by atoms with Gasteiger partial charge in [0.2, 0.25) is 0 Å². The van der Waals surface area contributed by atoms with Gasteiger partial charge >= 0.3 is 0 Å². The Balaban J connectivity index is 1.59. The van der Waals surface area contributed by atoms with Gasteiger partial charge in [-0.15, -0.1) is 0 Å². The molecule has 4 heteroatoms. The van der Waals surface area contributed by atoms with Crippen molar-refractivity contribution in [3.8, 4) is 11.5 Å². The van der Waals surface area contributed by atoms with E-state index >= 15 is 0 Å². The van der Waals surface area contributed by atoms with Crippen LogP contribution in [-0.2, 0) is 0 Å². The number of hydrogen-bond donors (Lipinski definition) is 0. The summed E-state index contributed by atoms with van der Waals surface area (Å²) >= 11 is 0. The highest BCUT2D eigenvalue weighted by Gasteiger charge is 2.04. The summed E-state index contributed by atoms with van der Waals surface area (Å²) in [7, 11) is 0. The van der Waals surface area contributed by atoms with Crippen LogP contribution < -0.4 is 9.47 Å². The molecule has 3 rings (SSSR count). The summed E-state index contributed by atoms with van der Waals surface area (Å²) in [6.07, 6.45) is 8.53. The van der Waals surface area contributed by atoms with Gasteiger partial charge in [0.25, 0.3) is 0 Å². The molecule has 0 N–H and O–H groups in total. The molecule has 0 saturated heterocycles. The second-order valence-corrected chi connectivity index (χ2v) is 9.16. The molecule has 0 unspecified atom stereocenters. The maximum Gasteiger partial charge on any atom is 0.126 e. The molecule has 0 aliphatic rings. The lowest BCUT2D eigenvalue weighted by atomic mass is 10.1. The molecule has 0 radical (unpaired) electrons. The average Bonchev–Trinajstić information content (AvgIpc) is 2.97. The largest absolute Gasteiger partial charge is 0.492 e. The number of likely N-dealkylation sites (N-methyl/N-ethyl adjacent to an activating group) is 2. The van der Waals surface area contributed by atoms with E-state index in [0.717, 1.165) is 73.0 Å². The van der Waals surface area contributed by atoms with Gasteiger partial charge in [-0.05, 0) is 49.4 Å². The number of nitrogens with zero attached hydrogens (tertiary/aromatic N) is 2. The molecule has 0 spiro atoms. The summed E-state index contributed by atoms with van der Waals surface area (Å²) in [5.41, 5.74) is 4.49. The van der Waals surface area contributed by atoms with Crippen molar-refractivity contribution in [3.05, 3.63) is 95.1 Å². The van der Waals surface area contributed by atoms with Gasteiger partial charge in [-0.1, -0.05) is 113 Å². The van der Waals surface area contributed by atoms with Gasteiger partial charge in [0.05, 0.1) is 0 Å². The average molecular weight is 513 g/mol. The molecule has 0 aliphatic heterocycles. The number of benzene rings is 3. The fourth-order valence-corrected chi connectivity index (χ4v) is 4.24. The van der Waals surface area contributed by atoms with E-state index in [1.165, 1.54) is 0 Å². The van der Waals surface area contributed by atoms with Gasteiger partial charge in [0, 0.05) is 24.2 Å².